The molecule has 13 nitrogen and oxygen atoms in total. The molecule has 2 rings (SSSR count). The van der Waals surface area contributed by atoms with Gasteiger partial charge in [-0.15, -0.1) is 4.91 Å². The fourth-order valence-corrected chi connectivity index (χ4v) is 12.5. The van der Waals surface area contributed by atoms with Crippen LogP contribution in [0.1, 0.15) is 46.1 Å². The molecule has 19 heteroatoms. The molecule has 2 aromatic carbocycles. The van der Waals surface area contributed by atoms with Crippen molar-refractivity contribution in [3.05, 3.63) is 52.9 Å². The van der Waals surface area contributed by atoms with Crippen molar-refractivity contribution in [2.24, 2.45) is 26.8 Å². The highest BCUT2D eigenvalue weighted by atomic mass is 32.5. The number of ether oxygens (including phenoxy) is 2. The van der Waals surface area contributed by atoms with Crippen LogP contribution in [0.15, 0.2) is 52.7 Å². The van der Waals surface area contributed by atoms with Gasteiger partial charge in [0, 0.05) is 27.7 Å². The van der Waals surface area contributed by atoms with Crippen molar-refractivity contribution in [1.29, 1.82) is 0 Å². The second-order valence-electron chi connectivity index (χ2n) is 9.70. The zero-order chi connectivity index (χ0) is 32.4. The maximum absolute atomic E-state index is 11.8. The van der Waals surface area contributed by atoms with Crippen LogP contribution < -0.4 is 31.3 Å². The third-order valence-electron chi connectivity index (χ3n) is 6.69. The highest BCUT2D eigenvalue weighted by molar-refractivity contribution is 8.55. The molecule has 0 aromatic heterocycles. The summed E-state index contributed by atoms with van der Waals surface area (Å²) in [6.07, 6.45) is 2.63. The molecule has 0 spiro atoms. The molecule has 0 radical (unpaired) electrons. The molecule has 0 amide bonds. The Balaban J connectivity index is 2.12. The Morgan fingerprint density at radius 1 is 1.16 bits per heavy atom. The van der Waals surface area contributed by atoms with Gasteiger partial charge in [0.1, 0.15) is 34.2 Å². The molecule has 0 saturated carbocycles. The van der Waals surface area contributed by atoms with Gasteiger partial charge in [0.15, 0.2) is 0 Å². The summed E-state index contributed by atoms with van der Waals surface area (Å²) in [5, 5.41) is 8.97. The first-order valence-corrected chi connectivity index (χ1v) is 22.9. The average Bonchev–Trinajstić information content (AvgIpc) is 3.02. The van der Waals surface area contributed by atoms with E-state index in [1.165, 1.54) is 6.07 Å². The summed E-state index contributed by atoms with van der Waals surface area (Å²) in [6.45, 7) is 6.06. The van der Waals surface area contributed by atoms with Crippen LogP contribution in [-0.2, 0) is 20.9 Å². The Bertz CT molecular complexity index is 1330. The molecule has 0 heterocycles. The normalized spacial score (nSPS) is 18.3. The standard InChI is InChI=1S/C24H42N7O6P5S/c1-7-23(3,39(26)41(27)38-25)36-19-11-9-18(10-12-19)16-29-31(5)40(43)24(4,8-2)37-20-13-14-21(22(15-20)30-32)28-17-42(33,34)35-6/h9-16,28,38,40H,7-8,17,25-27H2,1-6H3,(H,33,34)/b29-16+. The molecule has 0 fully saturated rings. The molecule has 0 aliphatic carbocycles. The SMILES string of the molecule is CCC(C)(Oc1ccc(/C=N/N(C)[PH](=S)C(C)(CC)Oc2ccc(NCP(=O)(O)OC)c(N=O)c2)cc1)P(N)P(N)PN. The van der Waals surface area contributed by atoms with Crippen LogP contribution in [0.2, 0.25) is 0 Å². The number of nitrogens with one attached hydrogen (secondary N) is 1. The highest BCUT2D eigenvalue weighted by Crippen LogP contribution is 2.74. The van der Waals surface area contributed by atoms with Crippen LogP contribution >= 0.6 is 38.1 Å². The van der Waals surface area contributed by atoms with E-state index in [-0.39, 0.29) is 26.1 Å². The lowest BCUT2D eigenvalue weighted by molar-refractivity contribution is 0.171. The third kappa shape index (κ3) is 10.7. The van der Waals surface area contributed by atoms with Crippen LogP contribution in [0.4, 0.5) is 11.4 Å². The van der Waals surface area contributed by atoms with E-state index in [1.807, 2.05) is 52.0 Å². The number of hydrogen-bond donors (Lipinski definition) is 5. The highest BCUT2D eigenvalue weighted by Gasteiger charge is 2.36. The first kappa shape index (κ1) is 38.1. The number of benzene rings is 2. The van der Waals surface area contributed by atoms with Crippen LogP contribution in [0.25, 0.3) is 0 Å². The van der Waals surface area contributed by atoms with Crippen molar-refractivity contribution in [3.8, 4) is 11.5 Å². The number of nitroso groups, excluding NO2 is 1. The van der Waals surface area contributed by atoms with Crippen LogP contribution in [0.3, 0.4) is 0 Å². The fraction of sp³-hybridized carbons (Fsp3) is 0.458. The summed E-state index contributed by atoms with van der Waals surface area (Å²) in [5.41, 5.74) is 19.5. The summed E-state index contributed by atoms with van der Waals surface area (Å²) in [5.74, 6) is 1.07. The topological polar surface area (TPSA) is 200 Å². The summed E-state index contributed by atoms with van der Waals surface area (Å²) in [6, 6.07) is 12.2. The molecule has 8 N–H and O–H groups in total. The van der Waals surface area contributed by atoms with Crippen molar-refractivity contribution in [1.82, 2.24) is 4.78 Å². The number of nitrogens with zero attached hydrogens (tertiary/aromatic N) is 3. The minimum atomic E-state index is -3.83. The van der Waals surface area contributed by atoms with Gasteiger partial charge in [0.25, 0.3) is 0 Å². The molecule has 0 bridgehead atoms. The van der Waals surface area contributed by atoms with E-state index in [0.29, 0.717) is 24.3 Å². The Morgan fingerprint density at radius 2 is 1.79 bits per heavy atom. The predicted octanol–water partition coefficient (Wildman–Crippen LogP) is 6.95. The van der Waals surface area contributed by atoms with E-state index < -0.39 is 40.3 Å². The van der Waals surface area contributed by atoms with Gasteiger partial charge >= 0.3 is 7.60 Å². The van der Waals surface area contributed by atoms with Gasteiger partial charge < -0.3 is 40.7 Å². The van der Waals surface area contributed by atoms with Gasteiger partial charge in [-0.1, -0.05) is 25.7 Å². The first-order valence-electron chi connectivity index (χ1n) is 13.1. The van der Waals surface area contributed by atoms with Crippen molar-refractivity contribution >= 4 is 67.5 Å². The minimum absolute atomic E-state index is 0.0230. The lowest BCUT2D eigenvalue weighted by Gasteiger charge is -2.37. The van der Waals surface area contributed by atoms with E-state index in [9.17, 15) is 14.4 Å². The van der Waals surface area contributed by atoms with E-state index >= 15 is 0 Å². The Labute approximate surface area is 263 Å². The molecule has 0 aliphatic heterocycles. The van der Waals surface area contributed by atoms with Crippen molar-refractivity contribution < 1.29 is 23.5 Å². The second kappa shape index (κ2) is 17.0. The maximum atomic E-state index is 11.8. The largest absolute Gasteiger partial charge is 0.481 e. The van der Waals surface area contributed by atoms with Gasteiger partial charge in [-0.25, -0.2) is 0 Å². The minimum Gasteiger partial charge on any atom is -0.481 e. The van der Waals surface area contributed by atoms with E-state index in [4.69, 9.17) is 37.8 Å². The average molecular weight is 712 g/mol. The van der Waals surface area contributed by atoms with E-state index in [2.05, 4.69) is 20.1 Å². The third-order valence-corrected chi connectivity index (χ3v) is 20.5. The second-order valence-corrected chi connectivity index (χ2v) is 23.7. The number of anilines is 1. The fourth-order valence-electron chi connectivity index (χ4n) is 3.57. The maximum Gasteiger partial charge on any atom is 0.346 e. The van der Waals surface area contributed by atoms with Gasteiger partial charge in [0.05, 0.1) is 26.5 Å². The Hall–Kier alpha value is -1.12. The lowest BCUT2D eigenvalue weighted by Crippen LogP contribution is -2.31. The number of hydrazone groups is 1. The summed E-state index contributed by atoms with van der Waals surface area (Å²) in [4.78, 5) is 21.1. The van der Waals surface area contributed by atoms with Crippen LogP contribution in [-0.4, -0.2) is 47.0 Å². The molecule has 7 atom stereocenters. The van der Waals surface area contributed by atoms with E-state index in [0.717, 1.165) is 12.7 Å². The molecule has 2 aromatic rings. The molecule has 7 unspecified atom stereocenters. The number of nitrogens with two attached hydrogens (primary N) is 3. The molecular weight excluding hydrogens is 669 g/mol. The first-order chi connectivity index (χ1) is 20.2. The monoisotopic (exact) mass is 711 g/mol. The number of hydrogen-bond acceptors (Lipinski definition) is 12. The molecule has 0 saturated heterocycles. The smallest absolute Gasteiger partial charge is 0.346 e. The summed E-state index contributed by atoms with van der Waals surface area (Å²) >= 11 is 5.91. The van der Waals surface area contributed by atoms with Crippen molar-refractivity contribution in [2.75, 3.05) is 25.8 Å². The van der Waals surface area contributed by atoms with Crippen LogP contribution in [0.5, 0.6) is 11.5 Å². The number of rotatable bonds is 18. The summed E-state index contributed by atoms with van der Waals surface area (Å²) < 4.78 is 30.6. The summed E-state index contributed by atoms with van der Waals surface area (Å²) in [7, 11) is -2.81. The lowest BCUT2D eigenvalue weighted by atomic mass is 10.2. The quantitative estimate of drug-likeness (QED) is 0.0462. The molecule has 0 aliphatic rings. The van der Waals surface area contributed by atoms with Crippen molar-refractivity contribution in [2.45, 2.75) is 51.2 Å². The van der Waals surface area contributed by atoms with E-state index in [1.54, 1.807) is 30.2 Å². The Morgan fingerprint density at radius 3 is 2.33 bits per heavy atom. The zero-order valence-corrected chi connectivity index (χ0v) is 30.6. The van der Waals surface area contributed by atoms with Gasteiger partial charge in [-0.2, -0.15) is 5.10 Å². The predicted molar refractivity (Wildman–Crippen MR) is 188 cm³/mol. The van der Waals surface area contributed by atoms with Gasteiger partial charge in [-0.3, -0.25) is 9.34 Å². The van der Waals surface area contributed by atoms with Gasteiger partial charge in [0.2, 0.25) is 0 Å². The Kier molecular flexibility index (Phi) is 15.0. The van der Waals surface area contributed by atoms with Crippen molar-refractivity contribution in [3.63, 3.8) is 0 Å². The molecule has 240 valence electrons. The zero-order valence-electron chi connectivity index (χ0n) is 25.1. The van der Waals surface area contributed by atoms with Gasteiger partial charge in [-0.05, 0) is 82.2 Å². The molecular formula is C24H42N7O6P5S. The van der Waals surface area contributed by atoms with Crippen LogP contribution in [0, 0.1) is 4.91 Å². The molecule has 43 heavy (non-hydrogen) atoms.